The first-order valence-corrected chi connectivity index (χ1v) is 8.65. The Morgan fingerprint density at radius 2 is 1.55 bits per heavy atom. The van der Waals surface area contributed by atoms with Gasteiger partial charge in [0.25, 0.3) is 0 Å². The molecule has 2 aromatic rings. The number of aromatic hydroxyl groups is 1. The van der Waals surface area contributed by atoms with Crippen LogP contribution in [0.2, 0.25) is 0 Å². The van der Waals surface area contributed by atoms with E-state index < -0.39 is 29.7 Å². The van der Waals surface area contributed by atoms with Gasteiger partial charge in [0, 0.05) is 19.8 Å². The molecule has 0 aromatic heterocycles. The lowest BCUT2D eigenvalue weighted by atomic mass is 10.0. The summed E-state index contributed by atoms with van der Waals surface area (Å²) in [5, 5.41) is 9.20. The van der Waals surface area contributed by atoms with Crippen LogP contribution in [-0.2, 0) is 15.8 Å². The minimum atomic E-state index is -4.57. The SMILES string of the molecule is CN(C)c1ccc(/C=C/C(=O)CC(=O)/C=C/c2ccc(O)cc2)c(C(F)(F)F)c1. The summed E-state index contributed by atoms with van der Waals surface area (Å²) < 4.78 is 39.9. The Morgan fingerprint density at radius 1 is 0.966 bits per heavy atom. The Kier molecular flexibility index (Phi) is 6.98. The van der Waals surface area contributed by atoms with E-state index in [1.54, 1.807) is 31.1 Å². The van der Waals surface area contributed by atoms with Crippen molar-refractivity contribution in [3.63, 3.8) is 0 Å². The highest BCUT2D eigenvalue weighted by Gasteiger charge is 2.33. The zero-order valence-electron chi connectivity index (χ0n) is 15.9. The first-order chi connectivity index (χ1) is 13.6. The van der Waals surface area contributed by atoms with Gasteiger partial charge in [0.2, 0.25) is 0 Å². The number of alkyl halides is 3. The van der Waals surface area contributed by atoms with E-state index in [0.29, 0.717) is 11.3 Å². The summed E-state index contributed by atoms with van der Waals surface area (Å²) in [4.78, 5) is 25.4. The Labute approximate surface area is 166 Å². The highest BCUT2D eigenvalue weighted by atomic mass is 19.4. The minimum Gasteiger partial charge on any atom is -0.508 e. The van der Waals surface area contributed by atoms with Crippen LogP contribution < -0.4 is 4.90 Å². The average molecular weight is 403 g/mol. The lowest BCUT2D eigenvalue weighted by molar-refractivity contribution is -0.137. The van der Waals surface area contributed by atoms with Gasteiger partial charge in [0.05, 0.1) is 12.0 Å². The molecule has 0 unspecified atom stereocenters. The summed E-state index contributed by atoms with van der Waals surface area (Å²) in [5.41, 5.74) is 0.0418. The van der Waals surface area contributed by atoms with Crippen LogP contribution in [0, 0.1) is 0 Å². The van der Waals surface area contributed by atoms with E-state index in [2.05, 4.69) is 0 Å². The van der Waals surface area contributed by atoms with E-state index in [4.69, 9.17) is 0 Å². The molecule has 29 heavy (non-hydrogen) atoms. The number of halogens is 3. The van der Waals surface area contributed by atoms with Gasteiger partial charge in [0.1, 0.15) is 5.75 Å². The molecule has 0 saturated carbocycles. The molecule has 0 saturated heterocycles. The average Bonchev–Trinajstić information content (AvgIpc) is 2.65. The van der Waals surface area contributed by atoms with Gasteiger partial charge >= 0.3 is 6.18 Å². The van der Waals surface area contributed by atoms with E-state index >= 15 is 0 Å². The number of carbonyl (C=O) groups excluding carboxylic acids is 2. The molecule has 7 heteroatoms. The molecule has 2 aromatic carbocycles. The maximum absolute atomic E-state index is 13.3. The molecular formula is C22H20F3NO3. The van der Waals surface area contributed by atoms with Gasteiger partial charge in [-0.2, -0.15) is 13.2 Å². The Bertz CT molecular complexity index is 943. The molecule has 0 amide bonds. The highest BCUT2D eigenvalue weighted by Crippen LogP contribution is 2.35. The van der Waals surface area contributed by atoms with Crippen molar-refractivity contribution >= 4 is 29.4 Å². The summed E-state index contributed by atoms with van der Waals surface area (Å²) >= 11 is 0. The van der Waals surface area contributed by atoms with Crippen LogP contribution in [0.3, 0.4) is 0 Å². The Hall–Kier alpha value is -3.35. The van der Waals surface area contributed by atoms with Gasteiger partial charge in [-0.15, -0.1) is 0 Å². The monoisotopic (exact) mass is 403 g/mol. The van der Waals surface area contributed by atoms with E-state index in [-0.39, 0.29) is 11.3 Å². The minimum absolute atomic E-state index is 0.0885. The number of nitrogens with zero attached hydrogens (tertiary/aromatic N) is 1. The van der Waals surface area contributed by atoms with Crippen LogP contribution in [0.1, 0.15) is 23.1 Å². The summed E-state index contributed by atoms with van der Waals surface area (Å²) in [6.45, 7) is 0. The van der Waals surface area contributed by atoms with Gasteiger partial charge in [0.15, 0.2) is 11.6 Å². The molecule has 152 valence electrons. The molecule has 0 fully saturated rings. The molecule has 4 nitrogen and oxygen atoms in total. The first-order valence-electron chi connectivity index (χ1n) is 8.65. The van der Waals surface area contributed by atoms with Crippen molar-refractivity contribution in [2.24, 2.45) is 0 Å². The third-order valence-electron chi connectivity index (χ3n) is 4.01. The number of anilines is 1. The normalized spacial score (nSPS) is 11.9. The number of benzene rings is 2. The smallest absolute Gasteiger partial charge is 0.417 e. The van der Waals surface area contributed by atoms with Crippen molar-refractivity contribution in [1.29, 1.82) is 0 Å². The van der Waals surface area contributed by atoms with Crippen LogP contribution >= 0.6 is 0 Å². The third-order valence-corrected chi connectivity index (χ3v) is 4.01. The zero-order valence-corrected chi connectivity index (χ0v) is 15.9. The molecule has 1 N–H and O–H groups in total. The van der Waals surface area contributed by atoms with Crippen LogP contribution in [0.25, 0.3) is 12.2 Å². The van der Waals surface area contributed by atoms with Crippen LogP contribution in [-0.4, -0.2) is 30.8 Å². The second-order valence-electron chi connectivity index (χ2n) is 6.53. The fourth-order valence-corrected chi connectivity index (χ4v) is 2.46. The quantitative estimate of drug-likeness (QED) is 0.536. The van der Waals surface area contributed by atoms with Gasteiger partial charge in [-0.3, -0.25) is 9.59 Å². The number of carbonyl (C=O) groups is 2. The molecule has 0 radical (unpaired) electrons. The third kappa shape index (κ3) is 6.64. The fourth-order valence-electron chi connectivity index (χ4n) is 2.46. The van der Waals surface area contributed by atoms with Crippen molar-refractivity contribution in [3.05, 3.63) is 71.3 Å². The van der Waals surface area contributed by atoms with E-state index in [1.165, 1.54) is 36.4 Å². The number of allylic oxidation sites excluding steroid dienone is 2. The maximum atomic E-state index is 13.3. The topological polar surface area (TPSA) is 57.6 Å². The highest BCUT2D eigenvalue weighted by molar-refractivity contribution is 6.10. The van der Waals surface area contributed by atoms with Crippen molar-refractivity contribution in [1.82, 2.24) is 0 Å². The van der Waals surface area contributed by atoms with Crippen molar-refractivity contribution in [3.8, 4) is 5.75 Å². The largest absolute Gasteiger partial charge is 0.508 e. The number of ketones is 2. The first kappa shape index (κ1) is 21.9. The molecule has 0 bridgehead atoms. The number of phenolic OH excluding ortho intramolecular Hbond substituents is 1. The van der Waals surface area contributed by atoms with Crippen LogP contribution in [0.4, 0.5) is 18.9 Å². The number of rotatable bonds is 7. The number of hydrogen-bond donors (Lipinski definition) is 1. The Balaban J connectivity index is 2.08. The number of hydrogen-bond acceptors (Lipinski definition) is 4. The van der Waals surface area contributed by atoms with Gasteiger partial charge < -0.3 is 10.0 Å². The van der Waals surface area contributed by atoms with Gasteiger partial charge in [-0.1, -0.05) is 30.4 Å². The van der Waals surface area contributed by atoms with Gasteiger partial charge in [-0.05, 0) is 47.5 Å². The molecule has 2 rings (SSSR count). The summed E-state index contributed by atoms with van der Waals surface area (Å²) in [6, 6.07) is 9.92. The zero-order chi connectivity index (χ0) is 21.6. The second kappa shape index (κ2) is 9.23. The van der Waals surface area contributed by atoms with Crippen LogP contribution in [0.5, 0.6) is 5.75 Å². The molecule has 0 atom stereocenters. The Morgan fingerprint density at radius 3 is 2.10 bits per heavy atom. The summed E-state index contributed by atoms with van der Waals surface area (Å²) in [6.07, 6.45) is -0.279. The molecular weight excluding hydrogens is 383 g/mol. The molecule has 0 heterocycles. The van der Waals surface area contributed by atoms with E-state index in [1.807, 2.05) is 0 Å². The fraction of sp³-hybridized carbons (Fsp3) is 0.182. The molecule has 0 aliphatic carbocycles. The molecule has 0 aliphatic heterocycles. The maximum Gasteiger partial charge on any atom is 0.417 e. The van der Waals surface area contributed by atoms with Crippen molar-refractivity contribution in [2.45, 2.75) is 12.6 Å². The van der Waals surface area contributed by atoms with E-state index in [9.17, 15) is 27.9 Å². The molecule has 0 spiro atoms. The summed E-state index contributed by atoms with van der Waals surface area (Å²) in [5.74, 6) is -0.993. The molecule has 0 aliphatic rings. The summed E-state index contributed by atoms with van der Waals surface area (Å²) in [7, 11) is 3.26. The lowest BCUT2D eigenvalue weighted by Crippen LogP contribution is -2.13. The van der Waals surface area contributed by atoms with Crippen LogP contribution in [0.15, 0.2) is 54.6 Å². The number of phenols is 1. The second-order valence-corrected chi connectivity index (χ2v) is 6.53. The van der Waals surface area contributed by atoms with E-state index in [0.717, 1.165) is 18.2 Å². The predicted molar refractivity (Wildman–Crippen MR) is 107 cm³/mol. The van der Waals surface area contributed by atoms with Gasteiger partial charge in [-0.25, -0.2) is 0 Å². The predicted octanol–water partition coefficient (Wildman–Crippen LogP) is 4.73. The standard InChI is InChI=1S/C22H20F3NO3/c1-26(2)17-8-6-16(21(13-17)22(23,24)25)7-12-20(29)14-19(28)11-5-15-3-9-18(27)10-4-15/h3-13,27H,14H2,1-2H3/b11-5+,12-7+. The van der Waals surface area contributed by atoms with Crippen molar-refractivity contribution < 1.29 is 27.9 Å². The lowest BCUT2D eigenvalue weighted by Gasteiger charge is -2.17. The van der Waals surface area contributed by atoms with Crippen molar-refractivity contribution in [2.75, 3.05) is 19.0 Å².